The molecule has 3 heterocycles. The number of para-hydroxylation sites is 2. The second kappa shape index (κ2) is 6.90. The summed E-state index contributed by atoms with van der Waals surface area (Å²) in [6.07, 6.45) is 5.59. The Labute approximate surface area is 166 Å². The van der Waals surface area contributed by atoms with Crippen molar-refractivity contribution in [2.75, 3.05) is 7.11 Å². The molecule has 0 unspecified atom stereocenters. The van der Waals surface area contributed by atoms with Crippen molar-refractivity contribution in [2.24, 2.45) is 0 Å². The van der Waals surface area contributed by atoms with Crippen LogP contribution in [-0.4, -0.2) is 36.6 Å². The van der Waals surface area contributed by atoms with Gasteiger partial charge in [-0.05, 0) is 31.2 Å². The molecule has 0 amide bonds. The molecule has 0 spiro atoms. The Bertz CT molecular complexity index is 1270. The second-order valence-electron chi connectivity index (χ2n) is 6.69. The van der Waals surface area contributed by atoms with E-state index in [9.17, 15) is 0 Å². The van der Waals surface area contributed by atoms with Crippen molar-refractivity contribution in [3.63, 3.8) is 0 Å². The fourth-order valence-corrected chi connectivity index (χ4v) is 3.24. The maximum Gasteiger partial charge on any atom is 0.217 e. The van der Waals surface area contributed by atoms with Gasteiger partial charge in [0, 0.05) is 11.8 Å². The molecular formula is C21H18N6O2. The van der Waals surface area contributed by atoms with Gasteiger partial charge in [0.2, 0.25) is 5.89 Å². The molecule has 144 valence electrons. The van der Waals surface area contributed by atoms with Crippen LogP contribution in [0, 0.1) is 6.92 Å². The average molecular weight is 386 g/mol. The first kappa shape index (κ1) is 17.2. The van der Waals surface area contributed by atoms with Crippen molar-refractivity contribution in [3.05, 3.63) is 72.8 Å². The van der Waals surface area contributed by atoms with E-state index in [-0.39, 0.29) is 0 Å². The van der Waals surface area contributed by atoms with Crippen LogP contribution >= 0.6 is 0 Å². The van der Waals surface area contributed by atoms with Crippen molar-refractivity contribution in [1.29, 1.82) is 0 Å². The lowest BCUT2D eigenvalue weighted by molar-refractivity contribution is 0.413. The van der Waals surface area contributed by atoms with Crippen molar-refractivity contribution in [3.8, 4) is 22.7 Å². The number of aromatic nitrogens is 6. The molecule has 8 nitrogen and oxygen atoms in total. The number of nitrogens with zero attached hydrogens (tertiary/aromatic N) is 6. The smallest absolute Gasteiger partial charge is 0.217 e. The van der Waals surface area contributed by atoms with Crippen LogP contribution in [0.2, 0.25) is 0 Å². The Balaban J connectivity index is 1.42. The molecule has 0 aliphatic carbocycles. The van der Waals surface area contributed by atoms with Crippen LogP contribution in [0.15, 0.2) is 65.6 Å². The van der Waals surface area contributed by atoms with Gasteiger partial charge in [0.25, 0.3) is 0 Å². The predicted octanol–water partition coefficient (Wildman–Crippen LogP) is 3.64. The minimum Gasteiger partial charge on any atom is -0.495 e. The number of fused-ring (bicyclic) bond motifs is 1. The summed E-state index contributed by atoms with van der Waals surface area (Å²) < 4.78 is 15.0. The third kappa shape index (κ3) is 3.25. The number of aryl methyl sites for hydroxylation is 1. The first-order valence-electron chi connectivity index (χ1n) is 9.13. The van der Waals surface area contributed by atoms with E-state index in [1.807, 2.05) is 66.3 Å². The monoisotopic (exact) mass is 386 g/mol. The van der Waals surface area contributed by atoms with Crippen molar-refractivity contribution < 1.29 is 9.15 Å². The quantitative estimate of drug-likeness (QED) is 0.459. The van der Waals surface area contributed by atoms with Crippen LogP contribution in [0.25, 0.3) is 28.0 Å². The van der Waals surface area contributed by atoms with Crippen molar-refractivity contribution in [2.45, 2.75) is 13.5 Å². The maximum atomic E-state index is 5.76. The standard InChI is InChI=1S/C21H18N6O2/c1-14-10-26(13-22-14)18-8-7-15(9-20(18)28-2)17-11-27(25-24-17)12-21-23-16-5-3-4-6-19(16)29-21/h3-11,13H,12H2,1-2H3. The Morgan fingerprint density at radius 3 is 2.79 bits per heavy atom. The van der Waals surface area contributed by atoms with E-state index in [1.165, 1.54) is 0 Å². The lowest BCUT2D eigenvalue weighted by Gasteiger charge is -2.10. The van der Waals surface area contributed by atoms with Crippen LogP contribution < -0.4 is 4.74 Å². The zero-order chi connectivity index (χ0) is 19.8. The third-order valence-corrected chi connectivity index (χ3v) is 4.64. The van der Waals surface area contributed by atoms with Gasteiger partial charge in [0.1, 0.15) is 23.5 Å². The topological polar surface area (TPSA) is 83.8 Å². The number of oxazole rings is 1. The molecule has 0 fully saturated rings. The third-order valence-electron chi connectivity index (χ3n) is 4.64. The van der Waals surface area contributed by atoms with Gasteiger partial charge in [-0.25, -0.2) is 14.6 Å². The van der Waals surface area contributed by atoms with Gasteiger partial charge in [-0.3, -0.25) is 0 Å². The summed E-state index contributed by atoms with van der Waals surface area (Å²) >= 11 is 0. The highest BCUT2D eigenvalue weighted by molar-refractivity contribution is 5.72. The van der Waals surface area contributed by atoms with E-state index in [0.29, 0.717) is 12.4 Å². The van der Waals surface area contributed by atoms with E-state index in [2.05, 4.69) is 20.3 Å². The molecule has 3 aromatic heterocycles. The van der Waals surface area contributed by atoms with Crippen LogP contribution in [0.4, 0.5) is 0 Å². The largest absolute Gasteiger partial charge is 0.495 e. The maximum absolute atomic E-state index is 5.76. The summed E-state index contributed by atoms with van der Waals surface area (Å²) in [5.41, 5.74) is 5.10. The summed E-state index contributed by atoms with van der Waals surface area (Å²) in [6, 6.07) is 13.6. The molecule has 0 saturated carbocycles. The SMILES string of the molecule is COc1cc(-c2cn(Cc3nc4ccccc4o3)nn2)ccc1-n1cnc(C)c1. The summed E-state index contributed by atoms with van der Waals surface area (Å²) in [5.74, 6) is 1.32. The number of hydrogen-bond acceptors (Lipinski definition) is 6. The first-order chi connectivity index (χ1) is 14.2. The van der Waals surface area contributed by atoms with E-state index >= 15 is 0 Å². The van der Waals surface area contributed by atoms with Gasteiger partial charge >= 0.3 is 0 Å². The molecule has 0 radical (unpaired) electrons. The highest BCUT2D eigenvalue weighted by Gasteiger charge is 2.12. The van der Waals surface area contributed by atoms with Crippen molar-refractivity contribution >= 4 is 11.1 Å². The Kier molecular flexibility index (Phi) is 4.09. The zero-order valence-corrected chi connectivity index (χ0v) is 16.0. The Morgan fingerprint density at radius 1 is 1.10 bits per heavy atom. The highest BCUT2D eigenvalue weighted by atomic mass is 16.5. The van der Waals surface area contributed by atoms with Gasteiger partial charge in [-0.15, -0.1) is 5.10 Å². The molecule has 0 N–H and O–H groups in total. The number of imidazole rings is 1. The fourth-order valence-electron chi connectivity index (χ4n) is 3.24. The van der Waals surface area contributed by atoms with E-state index in [0.717, 1.165) is 39.5 Å². The van der Waals surface area contributed by atoms with E-state index in [4.69, 9.17) is 9.15 Å². The van der Waals surface area contributed by atoms with E-state index in [1.54, 1.807) is 18.1 Å². The summed E-state index contributed by atoms with van der Waals surface area (Å²) in [6.45, 7) is 2.36. The van der Waals surface area contributed by atoms with Gasteiger partial charge in [0.15, 0.2) is 5.58 Å². The molecule has 0 bridgehead atoms. The number of hydrogen-bond donors (Lipinski definition) is 0. The lowest BCUT2D eigenvalue weighted by atomic mass is 10.1. The van der Waals surface area contributed by atoms with Crippen LogP contribution in [0.1, 0.15) is 11.6 Å². The Morgan fingerprint density at radius 2 is 2.00 bits per heavy atom. The average Bonchev–Trinajstić information content (AvgIpc) is 3.47. The highest BCUT2D eigenvalue weighted by Crippen LogP contribution is 2.29. The second-order valence-corrected chi connectivity index (χ2v) is 6.69. The van der Waals surface area contributed by atoms with E-state index < -0.39 is 0 Å². The molecule has 0 aliphatic rings. The van der Waals surface area contributed by atoms with Gasteiger partial charge in [0.05, 0.1) is 31.0 Å². The Hall–Kier alpha value is -3.94. The molecule has 0 aliphatic heterocycles. The summed E-state index contributed by atoms with van der Waals surface area (Å²) in [5, 5.41) is 8.50. The lowest BCUT2D eigenvalue weighted by Crippen LogP contribution is -2.00. The molecule has 5 rings (SSSR count). The summed E-state index contributed by atoms with van der Waals surface area (Å²) in [4.78, 5) is 8.76. The molecular weight excluding hydrogens is 368 g/mol. The first-order valence-corrected chi connectivity index (χ1v) is 9.13. The molecule has 29 heavy (non-hydrogen) atoms. The molecule has 2 aromatic carbocycles. The van der Waals surface area contributed by atoms with Crippen LogP contribution in [0.3, 0.4) is 0 Å². The predicted molar refractivity (Wildman–Crippen MR) is 107 cm³/mol. The number of rotatable bonds is 5. The molecule has 0 atom stereocenters. The number of benzene rings is 2. The molecule has 5 aromatic rings. The zero-order valence-electron chi connectivity index (χ0n) is 16.0. The van der Waals surface area contributed by atoms with Gasteiger partial charge < -0.3 is 13.7 Å². The number of ether oxygens (including phenoxy) is 1. The summed E-state index contributed by atoms with van der Waals surface area (Å²) in [7, 11) is 1.65. The van der Waals surface area contributed by atoms with Gasteiger partial charge in [-0.2, -0.15) is 0 Å². The fraction of sp³-hybridized carbons (Fsp3) is 0.143. The van der Waals surface area contributed by atoms with Crippen LogP contribution in [0.5, 0.6) is 5.75 Å². The minimum atomic E-state index is 0.408. The van der Waals surface area contributed by atoms with Gasteiger partial charge in [-0.1, -0.05) is 23.4 Å². The van der Waals surface area contributed by atoms with Crippen LogP contribution in [-0.2, 0) is 6.54 Å². The number of methoxy groups -OCH3 is 1. The molecule has 8 heteroatoms. The molecule has 0 saturated heterocycles. The van der Waals surface area contributed by atoms with Crippen molar-refractivity contribution in [1.82, 2.24) is 29.5 Å². The normalized spacial score (nSPS) is 11.2. The minimum absolute atomic E-state index is 0.408.